The number of hydrogen-bond donors (Lipinski definition) is 0. The number of fused-ring (bicyclic) bond motifs is 1. The third-order valence-corrected chi connectivity index (χ3v) is 4.57. The predicted molar refractivity (Wildman–Crippen MR) is 93.6 cm³/mol. The highest BCUT2D eigenvalue weighted by molar-refractivity contribution is 5.88. The van der Waals surface area contributed by atoms with Crippen LogP contribution < -0.4 is 4.74 Å². The maximum Gasteiger partial charge on any atom is 0.127 e. The first-order valence-electron chi connectivity index (χ1n) is 8.76. The van der Waals surface area contributed by atoms with Crippen LogP contribution in [0.25, 0.3) is 10.8 Å². The number of nitrogens with zero attached hydrogens (tertiary/aromatic N) is 1. The fourth-order valence-electron chi connectivity index (χ4n) is 3.30. The molecule has 0 bridgehead atoms. The van der Waals surface area contributed by atoms with E-state index in [-0.39, 0.29) is 0 Å². The predicted octanol–water partition coefficient (Wildman–Crippen LogP) is 4.87. The van der Waals surface area contributed by atoms with Gasteiger partial charge in [-0.05, 0) is 63.2 Å². The molecule has 1 saturated heterocycles. The van der Waals surface area contributed by atoms with E-state index >= 15 is 0 Å². The van der Waals surface area contributed by atoms with Gasteiger partial charge in [0.25, 0.3) is 0 Å². The molecule has 0 spiro atoms. The van der Waals surface area contributed by atoms with Crippen molar-refractivity contribution in [3.05, 3.63) is 42.5 Å². The fraction of sp³-hybridized carbons (Fsp3) is 0.500. The molecule has 22 heavy (non-hydrogen) atoms. The van der Waals surface area contributed by atoms with Crippen molar-refractivity contribution in [2.24, 2.45) is 0 Å². The van der Waals surface area contributed by atoms with Crippen molar-refractivity contribution in [1.82, 2.24) is 4.90 Å². The number of unbranched alkanes of at least 4 members (excludes halogenated alkanes) is 2. The van der Waals surface area contributed by atoms with Gasteiger partial charge in [0.15, 0.2) is 0 Å². The fourth-order valence-corrected chi connectivity index (χ4v) is 3.30. The van der Waals surface area contributed by atoms with Gasteiger partial charge in [-0.15, -0.1) is 0 Å². The topological polar surface area (TPSA) is 12.5 Å². The first-order valence-corrected chi connectivity index (χ1v) is 8.76. The second-order valence-corrected chi connectivity index (χ2v) is 6.29. The lowest BCUT2D eigenvalue weighted by molar-refractivity contribution is 0.221. The minimum Gasteiger partial charge on any atom is -0.493 e. The Morgan fingerprint density at radius 1 is 0.818 bits per heavy atom. The SMILES string of the molecule is c1ccc2c(OCCCCCN3CCCCC3)cccc2c1. The Labute approximate surface area is 134 Å². The molecule has 2 aromatic carbocycles. The lowest BCUT2D eigenvalue weighted by Crippen LogP contribution is -2.30. The summed E-state index contributed by atoms with van der Waals surface area (Å²) in [5.74, 6) is 1.02. The number of benzene rings is 2. The smallest absolute Gasteiger partial charge is 0.127 e. The summed E-state index contributed by atoms with van der Waals surface area (Å²) in [7, 11) is 0. The Morgan fingerprint density at radius 3 is 2.55 bits per heavy atom. The summed E-state index contributed by atoms with van der Waals surface area (Å²) in [5, 5.41) is 2.48. The van der Waals surface area contributed by atoms with Crippen molar-refractivity contribution in [2.75, 3.05) is 26.2 Å². The van der Waals surface area contributed by atoms with Gasteiger partial charge in [-0.25, -0.2) is 0 Å². The number of hydrogen-bond acceptors (Lipinski definition) is 2. The van der Waals surface area contributed by atoms with Crippen LogP contribution in [0.15, 0.2) is 42.5 Å². The molecule has 1 heterocycles. The van der Waals surface area contributed by atoms with Crippen LogP contribution in [0.4, 0.5) is 0 Å². The van der Waals surface area contributed by atoms with Gasteiger partial charge >= 0.3 is 0 Å². The Kier molecular flexibility index (Phi) is 5.72. The molecule has 0 unspecified atom stereocenters. The van der Waals surface area contributed by atoms with Gasteiger partial charge < -0.3 is 9.64 Å². The molecule has 0 aliphatic carbocycles. The molecule has 118 valence electrons. The third kappa shape index (κ3) is 4.23. The Morgan fingerprint density at radius 2 is 1.64 bits per heavy atom. The normalized spacial score (nSPS) is 16.0. The van der Waals surface area contributed by atoms with Crippen molar-refractivity contribution in [1.29, 1.82) is 0 Å². The average molecular weight is 297 g/mol. The van der Waals surface area contributed by atoms with E-state index in [0.29, 0.717) is 0 Å². The first kappa shape index (κ1) is 15.4. The summed E-state index contributed by atoms with van der Waals surface area (Å²) in [5.41, 5.74) is 0. The minimum atomic E-state index is 0.827. The highest BCUT2D eigenvalue weighted by Crippen LogP contribution is 2.25. The molecule has 0 N–H and O–H groups in total. The van der Waals surface area contributed by atoms with Crippen molar-refractivity contribution in [3.8, 4) is 5.75 Å². The van der Waals surface area contributed by atoms with E-state index in [9.17, 15) is 0 Å². The third-order valence-electron chi connectivity index (χ3n) is 4.57. The maximum absolute atomic E-state index is 6.00. The Hall–Kier alpha value is -1.54. The zero-order valence-electron chi connectivity index (χ0n) is 13.5. The van der Waals surface area contributed by atoms with E-state index in [1.54, 1.807) is 0 Å². The molecular formula is C20H27NO. The molecule has 0 atom stereocenters. The lowest BCUT2D eigenvalue weighted by Gasteiger charge is -2.26. The van der Waals surface area contributed by atoms with Crippen molar-refractivity contribution >= 4 is 10.8 Å². The van der Waals surface area contributed by atoms with Crippen LogP contribution in [0.5, 0.6) is 5.75 Å². The summed E-state index contributed by atoms with van der Waals surface area (Å²) in [6.07, 6.45) is 7.93. The van der Waals surface area contributed by atoms with Crippen LogP contribution in [0.2, 0.25) is 0 Å². The summed E-state index contributed by atoms with van der Waals surface area (Å²) in [6.45, 7) is 4.72. The molecule has 0 radical (unpaired) electrons. The monoisotopic (exact) mass is 297 g/mol. The van der Waals surface area contributed by atoms with Crippen LogP contribution in [0.3, 0.4) is 0 Å². The summed E-state index contributed by atoms with van der Waals surface area (Å²) in [4.78, 5) is 2.62. The molecule has 1 aliphatic rings. The summed E-state index contributed by atoms with van der Waals surface area (Å²) >= 11 is 0. The molecule has 3 rings (SSSR count). The van der Waals surface area contributed by atoms with E-state index in [1.807, 2.05) is 0 Å². The van der Waals surface area contributed by atoms with E-state index in [0.717, 1.165) is 18.8 Å². The molecule has 1 fully saturated rings. The number of ether oxygens (including phenoxy) is 1. The molecule has 2 aromatic rings. The molecular weight excluding hydrogens is 270 g/mol. The van der Waals surface area contributed by atoms with Gasteiger partial charge in [0.05, 0.1) is 6.61 Å². The second-order valence-electron chi connectivity index (χ2n) is 6.29. The van der Waals surface area contributed by atoms with Crippen molar-refractivity contribution < 1.29 is 4.74 Å². The quantitative estimate of drug-likeness (QED) is 0.676. The van der Waals surface area contributed by atoms with E-state index in [4.69, 9.17) is 4.74 Å². The zero-order chi connectivity index (χ0) is 15.0. The maximum atomic E-state index is 6.00. The highest BCUT2D eigenvalue weighted by Gasteiger charge is 2.08. The number of likely N-dealkylation sites (tertiary alicyclic amines) is 1. The van der Waals surface area contributed by atoms with Crippen LogP contribution in [0, 0.1) is 0 Å². The van der Waals surface area contributed by atoms with Gasteiger partial charge in [-0.2, -0.15) is 0 Å². The van der Waals surface area contributed by atoms with Crippen LogP contribution in [-0.2, 0) is 0 Å². The standard InChI is InChI=1S/C20H27NO/c1-5-14-21(15-6-1)16-7-2-8-17-22-20-13-9-11-18-10-3-4-12-19(18)20/h3-4,9-13H,1-2,5-8,14-17H2. The molecule has 0 amide bonds. The Balaban J connectivity index is 1.37. The van der Waals surface area contributed by atoms with Gasteiger partial charge in [-0.1, -0.05) is 42.8 Å². The highest BCUT2D eigenvalue weighted by atomic mass is 16.5. The molecule has 2 nitrogen and oxygen atoms in total. The van der Waals surface area contributed by atoms with Crippen molar-refractivity contribution in [2.45, 2.75) is 38.5 Å². The lowest BCUT2D eigenvalue weighted by atomic mass is 10.1. The molecule has 2 heteroatoms. The molecule has 1 aliphatic heterocycles. The van der Waals surface area contributed by atoms with E-state index in [1.165, 1.54) is 62.5 Å². The van der Waals surface area contributed by atoms with Gasteiger partial charge in [0, 0.05) is 5.39 Å². The van der Waals surface area contributed by atoms with E-state index < -0.39 is 0 Å². The van der Waals surface area contributed by atoms with Crippen molar-refractivity contribution in [3.63, 3.8) is 0 Å². The molecule has 0 saturated carbocycles. The molecule has 0 aromatic heterocycles. The van der Waals surface area contributed by atoms with Crippen LogP contribution >= 0.6 is 0 Å². The average Bonchev–Trinajstić information content (AvgIpc) is 2.59. The number of piperidine rings is 1. The van der Waals surface area contributed by atoms with Gasteiger partial charge in [0.1, 0.15) is 5.75 Å². The first-order chi connectivity index (χ1) is 10.9. The second kappa shape index (κ2) is 8.19. The van der Waals surface area contributed by atoms with Crippen LogP contribution in [0.1, 0.15) is 38.5 Å². The van der Waals surface area contributed by atoms with E-state index in [2.05, 4.69) is 47.4 Å². The summed E-state index contributed by atoms with van der Waals surface area (Å²) in [6, 6.07) is 14.7. The largest absolute Gasteiger partial charge is 0.493 e. The summed E-state index contributed by atoms with van der Waals surface area (Å²) < 4.78 is 6.00. The minimum absolute atomic E-state index is 0.827. The Bertz CT molecular complexity index is 569. The number of rotatable bonds is 7. The van der Waals surface area contributed by atoms with Gasteiger partial charge in [0.2, 0.25) is 0 Å². The van der Waals surface area contributed by atoms with Crippen LogP contribution in [-0.4, -0.2) is 31.1 Å². The van der Waals surface area contributed by atoms with Gasteiger partial charge in [-0.3, -0.25) is 0 Å². The zero-order valence-corrected chi connectivity index (χ0v) is 13.5.